The van der Waals surface area contributed by atoms with E-state index in [2.05, 4.69) is 5.32 Å². The Hall–Kier alpha value is -2.31. The van der Waals surface area contributed by atoms with Crippen LogP contribution in [-0.4, -0.2) is 30.1 Å². The van der Waals surface area contributed by atoms with E-state index in [0.29, 0.717) is 18.9 Å². The van der Waals surface area contributed by atoms with Crippen LogP contribution in [0.2, 0.25) is 0 Å². The predicted octanol–water partition coefficient (Wildman–Crippen LogP) is 2.75. The number of hydrogen-bond donors (Lipinski definition) is 1. The van der Waals surface area contributed by atoms with Crippen molar-refractivity contribution in [1.29, 1.82) is 0 Å². The Labute approximate surface area is 123 Å². The van der Waals surface area contributed by atoms with Crippen LogP contribution in [0, 0.1) is 10.1 Å². The summed E-state index contributed by atoms with van der Waals surface area (Å²) >= 11 is 0. The van der Waals surface area contributed by atoms with Gasteiger partial charge in [0.25, 0.3) is 0 Å². The first kappa shape index (κ1) is 16.7. The number of nitrogens with zero attached hydrogens (tertiary/aromatic N) is 1. The van der Waals surface area contributed by atoms with Crippen LogP contribution in [0.25, 0.3) is 0 Å². The van der Waals surface area contributed by atoms with E-state index in [1.807, 2.05) is 6.92 Å². The molecule has 21 heavy (non-hydrogen) atoms. The van der Waals surface area contributed by atoms with Gasteiger partial charge in [-0.25, -0.2) is 4.79 Å². The van der Waals surface area contributed by atoms with Crippen molar-refractivity contribution in [3.63, 3.8) is 0 Å². The van der Waals surface area contributed by atoms with E-state index in [9.17, 15) is 14.9 Å². The Morgan fingerprint density at radius 2 is 2.14 bits per heavy atom. The summed E-state index contributed by atoms with van der Waals surface area (Å²) in [5.74, 6) is -0.199. The zero-order valence-electron chi connectivity index (χ0n) is 12.4. The third-order valence-electron chi connectivity index (χ3n) is 2.64. The fourth-order valence-electron chi connectivity index (χ4n) is 1.66. The summed E-state index contributed by atoms with van der Waals surface area (Å²) in [4.78, 5) is 22.0. The van der Waals surface area contributed by atoms with E-state index in [4.69, 9.17) is 9.47 Å². The molecular formula is C14H20N2O5. The predicted molar refractivity (Wildman–Crippen MR) is 78.6 cm³/mol. The lowest BCUT2D eigenvalue weighted by molar-refractivity contribution is -0.385. The van der Waals surface area contributed by atoms with Crippen molar-refractivity contribution >= 4 is 17.3 Å². The second-order valence-electron chi connectivity index (χ2n) is 4.41. The summed E-state index contributed by atoms with van der Waals surface area (Å²) in [5.41, 5.74) is 0.463. The minimum absolute atomic E-state index is 0.0993. The Morgan fingerprint density at radius 1 is 1.43 bits per heavy atom. The molecule has 1 aromatic rings. The molecule has 1 aromatic carbocycles. The van der Waals surface area contributed by atoms with Crippen molar-refractivity contribution in [3.8, 4) is 5.75 Å². The van der Waals surface area contributed by atoms with E-state index < -0.39 is 11.0 Å². The number of ether oxygens (including phenoxy) is 2. The van der Waals surface area contributed by atoms with Gasteiger partial charge in [-0.15, -0.1) is 0 Å². The second-order valence-corrected chi connectivity index (χ2v) is 4.41. The molecule has 0 saturated carbocycles. The van der Waals surface area contributed by atoms with Crippen molar-refractivity contribution in [1.82, 2.24) is 0 Å². The topological polar surface area (TPSA) is 90.7 Å². The minimum Gasteiger partial charge on any atom is -0.487 e. The molecule has 0 spiro atoms. The van der Waals surface area contributed by atoms with Crippen LogP contribution in [0.4, 0.5) is 11.4 Å². The fourth-order valence-corrected chi connectivity index (χ4v) is 1.66. The number of rotatable bonds is 8. The lowest BCUT2D eigenvalue weighted by Gasteiger charge is -2.15. The Morgan fingerprint density at radius 3 is 2.71 bits per heavy atom. The smallest absolute Gasteiger partial charge is 0.328 e. The monoisotopic (exact) mass is 296 g/mol. The Balaban J connectivity index is 2.88. The van der Waals surface area contributed by atoms with Crippen LogP contribution in [0.15, 0.2) is 18.2 Å². The zero-order valence-corrected chi connectivity index (χ0v) is 12.4. The van der Waals surface area contributed by atoms with Crippen LogP contribution in [0.5, 0.6) is 5.75 Å². The van der Waals surface area contributed by atoms with Crippen molar-refractivity contribution in [2.75, 3.05) is 18.5 Å². The van der Waals surface area contributed by atoms with E-state index in [1.165, 1.54) is 18.2 Å². The number of carbonyl (C=O) groups excluding carboxylic acids is 1. The molecule has 0 bridgehead atoms. The first-order valence-electron chi connectivity index (χ1n) is 6.84. The fraction of sp³-hybridized carbons (Fsp3) is 0.500. The van der Waals surface area contributed by atoms with E-state index in [-0.39, 0.29) is 17.4 Å². The summed E-state index contributed by atoms with van der Waals surface area (Å²) in [6.45, 7) is 5.99. The quantitative estimate of drug-likeness (QED) is 0.450. The molecule has 0 radical (unpaired) electrons. The summed E-state index contributed by atoms with van der Waals surface area (Å²) in [6, 6.07) is 3.85. The molecule has 0 aliphatic carbocycles. The van der Waals surface area contributed by atoms with Gasteiger partial charge in [0.1, 0.15) is 6.04 Å². The maximum Gasteiger partial charge on any atom is 0.328 e. The SMILES string of the molecule is CCCOc1cc(NC(C)C(=O)OCC)ccc1[N+](=O)[O-]. The summed E-state index contributed by atoms with van der Waals surface area (Å²) in [5, 5.41) is 13.9. The van der Waals surface area contributed by atoms with Gasteiger partial charge in [0, 0.05) is 17.8 Å². The standard InChI is InChI=1S/C14H20N2O5/c1-4-8-21-13-9-11(6-7-12(13)16(18)19)15-10(3)14(17)20-5-2/h6-7,9-10,15H,4-5,8H2,1-3H3. The van der Waals surface area contributed by atoms with Crippen LogP contribution in [0.1, 0.15) is 27.2 Å². The molecule has 0 aromatic heterocycles. The van der Waals surface area contributed by atoms with Gasteiger partial charge in [-0.05, 0) is 26.3 Å². The van der Waals surface area contributed by atoms with E-state index in [0.717, 1.165) is 6.42 Å². The van der Waals surface area contributed by atoms with Gasteiger partial charge >= 0.3 is 11.7 Å². The second kappa shape index (κ2) is 8.08. The normalized spacial score (nSPS) is 11.6. The van der Waals surface area contributed by atoms with Gasteiger partial charge in [-0.3, -0.25) is 10.1 Å². The molecule has 7 nitrogen and oxygen atoms in total. The number of nitrogens with one attached hydrogen (secondary N) is 1. The van der Waals surface area contributed by atoms with Crippen molar-refractivity contribution in [2.24, 2.45) is 0 Å². The van der Waals surface area contributed by atoms with Crippen molar-refractivity contribution in [3.05, 3.63) is 28.3 Å². The van der Waals surface area contributed by atoms with Gasteiger partial charge in [-0.2, -0.15) is 0 Å². The summed E-state index contributed by atoms with van der Waals surface area (Å²) < 4.78 is 10.3. The molecule has 0 aliphatic heterocycles. The molecule has 0 heterocycles. The Kier molecular flexibility index (Phi) is 6.45. The molecule has 1 unspecified atom stereocenters. The molecule has 0 fully saturated rings. The highest BCUT2D eigenvalue weighted by Gasteiger charge is 2.18. The van der Waals surface area contributed by atoms with Crippen molar-refractivity contribution in [2.45, 2.75) is 33.2 Å². The van der Waals surface area contributed by atoms with Gasteiger partial charge in [0.15, 0.2) is 5.75 Å². The first-order chi connectivity index (χ1) is 9.99. The van der Waals surface area contributed by atoms with Gasteiger partial charge in [0.05, 0.1) is 18.1 Å². The summed E-state index contributed by atoms with van der Waals surface area (Å²) in [6.07, 6.45) is 0.744. The molecule has 0 amide bonds. The number of esters is 1. The first-order valence-corrected chi connectivity index (χ1v) is 6.84. The molecule has 1 rings (SSSR count). The molecule has 0 saturated heterocycles. The van der Waals surface area contributed by atoms with Gasteiger partial charge < -0.3 is 14.8 Å². The molecular weight excluding hydrogens is 276 g/mol. The van der Waals surface area contributed by atoms with Crippen LogP contribution in [0.3, 0.4) is 0 Å². The number of anilines is 1. The average Bonchev–Trinajstić information content (AvgIpc) is 2.45. The zero-order chi connectivity index (χ0) is 15.8. The van der Waals surface area contributed by atoms with Gasteiger partial charge in [-0.1, -0.05) is 6.92 Å². The number of benzene rings is 1. The van der Waals surface area contributed by atoms with Gasteiger partial charge in [0.2, 0.25) is 0 Å². The summed E-state index contributed by atoms with van der Waals surface area (Å²) in [7, 11) is 0. The van der Waals surface area contributed by atoms with E-state index in [1.54, 1.807) is 13.8 Å². The highest BCUT2D eigenvalue weighted by Crippen LogP contribution is 2.30. The minimum atomic E-state index is -0.551. The van der Waals surface area contributed by atoms with Crippen LogP contribution >= 0.6 is 0 Å². The van der Waals surface area contributed by atoms with Crippen LogP contribution in [-0.2, 0) is 9.53 Å². The Bertz CT molecular complexity index is 504. The maximum atomic E-state index is 11.6. The third kappa shape index (κ3) is 4.94. The van der Waals surface area contributed by atoms with E-state index >= 15 is 0 Å². The number of nitro groups is 1. The number of hydrogen-bond acceptors (Lipinski definition) is 6. The molecule has 116 valence electrons. The molecule has 0 aliphatic rings. The highest BCUT2D eigenvalue weighted by atomic mass is 16.6. The third-order valence-corrected chi connectivity index (χ3v) is 2.64. The molecule has 1 N–H and O–H groups in total. The van der Waals surface area contributed by atoms with Crippen LogP contribution < -0.4 is 10.1 Å². The van der Waals surface area contributed by atoms with Crippen molar-refractivity contribution < 1.29 is 19.2 Å². The highest BCUT2D eigenvalue weighted by molar-refractivity contribution is 5.79. The lowest BCUT2D eigenvalue weighted by atomic mass is 10.2. The average molecular weight is 296 g/mol. The number of carbonyl (C=O) groups is 1. The lowest BCUT2D eigenvalue weighted by Crippen LogP contribution is -2.28. The number of nitro benzene ring substituents is 1. The molecule has 7 heteroatoms. The molecule has 1 atom stereocenters. The maximum absolute atomic E-state index is 11.6. The largest absolute Gasteiger partial charge is 0.487 e.